The number of halogens is 2. The van der Waals surface area contributed by atoms with E-state index >= 15 is 0 Å². The van der Waals surface area contributed by atoms with Crippen molar-refractivity contribution in [2.24, 2.45) is 22.2 Å². The second-order valence-corrected chi connectivity index (χ2v) is 5.57. The summed E-state index contributed by atoms with van der Waals surface area (Å²) in [7, 11) is 0. The number of carbonyl (C=O) groups excluding carboxylic acids is 1. The zero-order valence-corrected chi connectivity index (χ0v) is 11.6. The Bertz CT molecular complexity index is 571. The van der Waals surface area contributed by atoms with Crippen molar-refractivity contribution >= 4 is 29.0 Å². The van der Waals surface area contributed by atoms with Gasteiger partial charge in [-0.25, -0.2) is 4.39 Å². The van der Waals surface area contributed by atoms with Gasteiger partial charge in [-0.05, 0) is 37.0 Å². The van der Waals surface area contributed by atoms with E-state index in [1.54, 1.807) is 0 Å². The van der Waals surface area contributed by atoms with Crippen LogP contribution in [0.4, 0.5) is 10.1 Å². The van der Waals surface area contributed by atoms with Crippen LogP contribution in [-0.4, -0.2) is 17.0 Å². The van der Waals surface area contributed by atoms with E-state index in [1.165, 1.54) is 12.1 Å². The number of hydrogen-bond donors (Lipinski definition) is 3. The molecule has 1 aromatic rings. The minimum atomic E-state index is -1.02. The van der Waals surface area contributed by atoms with Crippen molar-refractivity contribution < 1.29 is 14.4 Å². The number of benzene rings is 1. The first-order valence-electron chi connectivity index (χ1n) is 6.13. The van der Waals surface area contributed by atoms with Crippen LogP contribution in [0.25, 0.3) is 0 Å². The van der Waals surface area contributed by atoms with Gasteiger partial charge in [0.15, 0.2) is 5.84 Å². The van der Waals surface area contributed by atoms with Crippen molar-refractivity contribution in [3.05, 3.63) is 29.0 Å². The first-order valence-corrected chi connectivity index (χ1v) is 6.51. The third-order valence-electron chi connectivity index (χ3n) is 3.60. The Morgan fingerprint density at radius 2 is 2.25 bits per heavy atom. The fourth-order valence-corrected chi connectivity index (χ4v) is 2.68. The Labute approximate surface area is 120 Å². The SMILES string of the molecule is CC1CC(C(=O)Nc2ccc(Cl)c(F)c2)(/C(N)=N/O)C1. The van der Waals surface area contributed by atoms with E-state index in [0.717, 1.165) is 6.07 Å². The molecule has 0 aliphatic heterocycles. The van der Waals surface area contributed by atoms with E-state index in [0.29, 0.717) is 18.8 Å². The van der Waals surface area contributed by atoms with Crippen LogP contribution in [0.15, 0.2) is 23.4 Å². The third-order valence-corrected chi connectivity index (χ3v) is 3.91. The highest BCUT2D eigenvalue weighted by molar-refractivity contribution is 6.30. The molecule has 1 aromatic carbocycles. The molecule has 4 N–H and O–H groups in total. The molecule has 1 aliphatic rings. The van der Waals surface area contributed by atoms with Crippen molar-refractivity contribution in [1.82, 2.24) is 0 Å². The van der Waals surface area contributed by atoms with Gasteiger partial charge in [-0.1, -0.05) is 23.7 Å². The Hall–Kier alpha value is -1.82. The van der Waals surface area contributed by atoms with Gasteiger partial charge in [-0.3, -0.25) is 4.79 Å². The lowest BCUT2D eigenvalue weighted by Gasteiger charge is -2.43. The molecule has 108 valence electrons. The number of nitrogens with one attached hydrogen (secondary N) is 1. The number of amides is 1. The first kappa shape index (κ1) is 14.6. The number of rotatable bonds is 3. The van der Waals surface area contributed by atoms with Gasteiger partial charge in [-0.15, -0.1) is 0 Å². The van der Waals surface area contributed by atoms with Gasteiger partial charge in [0.1, 0.15) is 11.2 Å². The lowest BCUT2D eigenvalue weighted by Crippen LogP contribution is -2.54. The maximum absolute atomic E-state index is 13.3. The molecular weight excluding hydrogens is 285 g/mol. The molecular formula is C13H15ClFN3O2. The van der Waals surface area contributed by atoms with Gasteiger partial charge in [0.25, 0.3) is 0 Å². The molecule has 2 rings (SSSR count). The van der Waals surface area contributed by atoms with Crippen LogP contribution in [0.3, 0.4) is 0 Å². The summed E-state index contributed by atoms with van der Waals surface area (Å²) in [5.41, 5.74) is 4.88. The first-order chi connectivity index (χ1) is 9.39. The number of amidine groups is 1. The van der Waals surface area contributed by atoms with Crippen molar-refractivity contribution in [3.8, 4) is 0 Å². The van der Waals surface area contributed by atoms with Crippen LogP contribution in [0.2, 0.25) is 5.02 Å². The highest BCUT2D eigenvalue weighted by atomic mass is 35.5. The van der Waals surface area contributed by atoms with E-state index in [1.807, 2.05) is 6.92 Å². The molecule has 0 spiro atoms. The van der Waals surface area contributed by atoms with E-state index in [2.05, 4.69) is 10.5 Å². The molecule has 1 saturated carbocycles. The van der Waals surface area contributed by atoms with Crippen LogP contribution in [0.5, 0.6) is 0 Å². The Morgan fingerprint density at radius 1 is 1.60 bits per heavy atom. The number of anilines is 1. The summed E-state index contributed by atoms with van der Waals surface area (Å²) >= 11 is 5.58. The standard InChI is InChI=1S/C13H15ClFN3O2/c1-7-5-13(6-7,11(16)18-20)12(19)17-8-2-3-9(14)10(15)4-8/h2-4,7,20H,5-6H2,1H3,(H2,16,18)(H,17,19). The van der Waals surface area contributed by atoms with Crippen molar-refractivity contribution in [3.63, 3.8) is 0 Å². The van der Waals surface area contributed by atoms with Gasteiger partial charge in [-0.2, -0.15) is 0 Å². The number of carbonyl (C=O) groups is 1. The monoisotopic (exact) mass is 299 g/mol. The zero-order valence-electron chi connectivity index (χ0n) is 10.9. The molecule has 1 aliphatic carbocycles. The van der Waals surface area contributed by atoms with Crippen LogP contribution in [0.1, 0.15) is 19.8 Å². The van der Waals surface area contributed by atoms with Crippen molar-refractivity contribution in [2.45, 2.75) is 19.8 Å². The van der Waals surface area contributed by atoms with Gasteiger partial charge < -0.3 is 16.3 Å². The smallest absolute Gasteiger partial charge is 0.238 e. The van der Waals surface area contributed by atoms with E-state index in [-0.39, 0.29) is 16.5 Å². The largest absolute Gasteiger partial charge is 0.409 e. The Balaban J connectivity index is 2.20. The molecule has 0 atom stereocenters. The summed E-state index contributed by atoms with van der Waals surface area (Å²) in [6.07, 6.45) is 0.982. The normalized spacial score (nSPS) is 25.9. The van der Waals surface area contributed by atoms with Crippen LogP contribution in [0, 0.1) is 17.2 Å². The number of hydrogen-bond acceptors (Lipinski definition) is 3. The fourth-order valence-electron chi connectivity index (χ4n) is 2.56. The summed E-state index contributed by atoms with van der Waals surface area (Å²) in [6, 6.07) is 3.97. The lowest BCUT2D eigenvalue weighted by atomic mass is 9.61. The summed E-state index contributed by atoms with van der Waals surface area (Å²) < 4.78 is 13.3. The van der Waals surface area contributed by atoms with Crippen molar-refractivity contribution in [2.75, 3.05) is 5.32 Å². The molecule has 1 amide bonds. The molecule has 0 saturated heterocycles. The molecule has 20 heavy (non-hydrogen) atoms. The number of nitrogens with zero attached hydrogens (tertiary/aromatic N) is 1. The molecule has 7 heteroatoms. The second kappa shape index (κ2) is 5.28. The van der Waals surface area contributed by atoms with E-state index in [9.17, 15) is 9.18 Å². The average Bonchev–Trinajstić information content (AvgIpc) is 2.38. The predicted molar refractivity (Wildman–Crippen MR) is 74.3 cm³/mol. The second-order valence-electron chi connectivity index (χ2n) is 5.16. The lowest BCUT2D eigenvalue weighted by molar-refractivity contribution is -0.127. The maximum atomic E-state index is 13.3. The number of oxime groups is 1. The molecule has 0 bridgehead atoms. The predicted octanol–water partition coefficient (Wildman–Crippen LogP) is 2.58. The molecule has 0 aromatic heterocycles. The van der Waals surface area contributed by atoms with Crippen LogP contribution >= 0.6 is 11.6 Å². The third kappa shape index (κ3) is 2.43. The van der Waals surface area contributed by atoms with Crippen molar-refractivity contribution in [1.29, 1.82) is 0 Å². The summed E-state index contributed by atoms with van der Waals surface area (Å²) in [5, 5.41) is 14.3. The minimum absolute atomic E-state index is 0.0218. The van der Waals surface area contributed by atoms with Crippen LogP contribution in [-0.2, 0) is 4.79 Å². The Morgan fingerprint density at radius 3 is 2.75 bits per heavy atom. The quantitative estimate of drug-likeness (QED) is 0.347. The van der Waals surface area contributed by atoms with Gasteiger partial charge in [0, 0.05) is 5.69 Å². The van der Waals surface area contributed by atoms with E-state index < -0.39 is 17.1 Å². The molecule has 1 fully saturated rings. The van der Waals surface area contributed by atoms with E-state index in [4.69, 9.17) is 22.5 Å². The fraction of sp³-hybridized carbons (Fsp3) is 0.385. The maximum Gasteiger partial charge on any atom is 0.238 e. The highest BCUT2D eigenvalue weighted by Gasteiger charge is 2.52. The van der Waals surface area contributed by atoms with Gasteiger partial charge >= 0.3 is 0 Å². The minimum Gasteiger partial charge on any atom is -0.409 e. The average molecular weight is 300 g/mol. The summed E-state index contributed by atoms with van der Waals surface area (Å²) in [5.74, 6) is -0.845. The number of nitrogens with two attached hydrogens (primary N) is 1. The molecule has 0 heterocycles. The highest BCUT2D eigenvalue weighted by Crippen LogP contribution is 2.46. The molecule has 0 radical (unpaired) electrons. The Kier molecular flexibility index (Phi) is 3.85. The summed E-state index contributed by atoms with van der Waals surface area (Å²) in [6.45, 7) is 1.97. The molecule has 0 unspecified atom stereocenters. The van der Waals surface area contributed by atoms with Crippen LogP contribution < -0.4 is 11.1 Å². The topological polar surface area (TPSA) is 87.7 Å². The van der Waals surface area contributed by atoms with Gasteiger partial charge in [0.05, 0.1) is 5.02 Å². The van der Waals surface area contributed by atoms with Gasteiger partial charge in [0.2, 0.25) is 5.91 Å². The molecule has 5 nitrogen and oxygen atoms in total. The zero-order chi connectivity index (χ0) is 14.9. The summed E-state index contributed by atoms with van der Waals surface area (Å²) in [4.78, 5) is 12.3.